The molecular formula is C10H6ClNNaO2S. The van der Waals surface area contributed by atoms with E-state index in [0.717, 1.165) is 16.9 Å². The van der Waals surface area contributed by atoms with Crippen molar-refractivity contribution in [2.45, 2.75) is 0 Å². The van der Waals surface area contributed by atoms with E-state index in [2.05, 4.69) is 4.98 Å². The Morgan fingerprint density at radius 1 is 1.38 bits per heavy atom. The standard InChI is InChI=1S/C10H6ClNO2S.Na/c11-7-4-2-1-3-6(7)8-5-15-9(12-8)10(13)14;/h1-5H,(H,13,14);. The topological polar surface area (TPSA) is 50.2 Å². The maximum Gasteiger partial charge on any atom is 0.365 e. The monoisotopic (exact) mass is 262 g/mol. The Morgan fingerprint density at radius 2 is 2.06 bits per heavy atom. The van der Waals surface area contributed by atoms with Gasteiger partial charge >= 0.3 is 5.97 Å². The number of aromatic nitrogens is 1. The zero-order valence-corrected chi connectivity index (χ0v) is 12.0. The van der Waals surface area contributed by atoms with Crippen molar-refractivity contribution in [2.75, 3.05) is 0 Å². The zero-order valence-electron chi connectivity index (χ0n) is 8.48. The summed E-state index contributed by atoms with van der Waals surface area (Å²) < 4.78 is 0. The second-order valence-electron chi connectivity index (χ2n) is 2.82. The Bertz CT molecular complexity index is 515. The first-order valence-corrected chi connectivity index (χ1v) is 5.38. The summed E-state index contributed by atoms with van der Waals surface area (Å²) >= 11 is 7.06. The normalized spacial score (nSPS) is 9.56. The van der Waals surface area contributed by atoms with Crippen molar-refractivity contribution < 1.29 is 9.90 Å². The van der Waals surface area contributed by atoms with E-state index in [0.29, 0.717) is 10.7 Å². The van der Waals surface area contributed by atoms with Gasteiger partial charge in [0.1, 0.15) is 0 Å². The molecule has 0 atom stereocenters. The average Bonchev–Trinajstić information content (AvgIpc) is 2.67. The van der Waals surface area contributed by atoms with Gasteiger partial charge in [0.15, 0.2) is 0 Å². The summed E-state index contributed by atoms with van der Waals surface area (Å²) in [6.45, 7) is 0. The van der Waals surface area contributed by atoms with Crippen LogP contribution in [0.5, 0.6) is 0 Å². The predicted molar refractivity (Wildman–Crippen MR) is 65.3 cm³/mol. The molecule has 0 saturated heterocycles. The molecule has 0 amide bonds. The van der Waals surface area contributed by atoms with Crippen LogP contribution in [0.1, 0.15) is 9.80 Å². The van der Waals surface area contributed by atoms with E-state index < -0.39 is 5.97 Å². The molecule has 1 heterocycles. The molecule has 2 aromatic rings. The Morgan fingerprint density at radius 3 is 2.62 bits per heavy atom. The van der Waals surface area contributed by atoms with Gasteiger partial charge in [-0.25, -0.2) is 9.78 Å². The number of thiazole rings is 1. The second-order valence-corrected chi connectivity index (χ2v) is 4.09. The third-order valence-electron chi connectivity index (χ3n) is 1.84. The number of benzene rings is 1. The van der Waals surface area contributed by atoms with Crippen LogP contribution in [-0.4, -0.2) is 45.6 Å². The summed E-state index contributed by atoms with van der Waals surface area (Å²) in [5.74, 6) is -1.02. The molecule has 0 spiro atoms. The number of aromatic carboxylic acids is 1. The molecule has 6 heteroatoms. The molecule has 16 heavy (non-hydrogen) atoms. The van der Waals surface area contributed by atoms with E-state index in [1.807, 2.05) is 18.2 Å². The Labute approximate surface area is 123 Å². The molecule has 0 saturated carbocycles. The van der Waals surface area contributed by atoms with Crippen LogP contribution in [0, 0.1) is 0 Å². The van der Waals surface area contributed by atoms with Crippen molar-refractivity contribution >= 4 is 58.5 Å². The van der Waals surface area contributed by atoms with Crippen molar-refractivity contribution in [3.05, 3.63) is 39.7 Å². The third kappa shape index (κ3) is 2.84. The number of carboxylic acid groups (broad SMARTS) is 1. The fourth-order valence-electron chi connectivity index (χ4n) is 1.16. The van der Waals surface area contributed by atoms with Crippen LogP contribution in [0.4, 0.5) is 0 Å². The summed E-state index contributed by atoms with van der Waals surface area (Å²) in [6, 6.07) is 7.21. The van der Waals surface area contributed by atoms with Crippen LogP contribution in [0.2, 0.25) is 5.02 Å². The van der Waals surface area contributed by atoms with E-state index in [4.69, 9.17) is 16.7 Å². The van der Waals surface area contributed by atoms with Crippen molar-refractivity contribution in [2.24, 2.45) is 0 Å². The molecule has 1 aromatic heterocycles. The number of rotatable bonds is 2. The number of hydrogen-bond donors (Lipinski definition) is 1. The number of carboxylic acids is 1. The first kappa shape index (κ1) is 13.7. The van der Waals surface area contributed by atoms with Gasteiger partial charge in [-0.3, -0.25) is 0 Å². The van der Waals surface area contributed by atoms with Crippen molar-refractivity contribution in [3.63, 3.8) is 0 Å². The number of halogens is 1. The number of nitrogens with zero attached hydrogens (tertiary/aromatic N) is 1. The number of carbonyl (C=O) groups is 1. The molecule has 0 aliphatic rings. The molecule has 0 bridgehead atoms. The van der Waals surface area contributed by atoms with E-state index in [1.165, 1.54) is 0 Å². The van der Waals surface area contributed by atoms with E-state index in [9.17, 15) is 4.79 Å². The van der Waals surface area contributed by atoms with Crippen molar-refractivity contribution in [1.82, 2.24) is 4.98 Å². The minimum absolute atomic E-state index is 0. The molecule has 0 aliphatic heterocycles. The first-order chi connectivity index (χ1) is 7.18. The summed E-state index contributed by atoms with van der Waals surface area (Å²) in [6.07, 6.45) is 0. The summed E-state index contributed by atoms with van der Waals surface area (Å²) in [5, 5.41) is 11.1. The maximum absolute atomic E-state index is 10.6. The minimum atomic E-state index is -1.02. The van der Waals surface area contributed by atoms with Crippen LogP contribution in [0.25, 0.3) is 11.3 Å². The van der Waals surface area contributed by atoms with Crippen LogP contribution in [-0.2, 0) is 0 Å². The van der Waals surface area contributed by atoms with Gasteiger partial charge in [0, 0.05) is 45.5 Å². The molecule has 1 radical (unpaired) electrons. The van der Waals surface area contributed by atoms with E-state index >= 15 is 0 Å². The molecule has 0 unspecified atom stereocenters. The van der Waals surface area contributed by atoms with Crippen LogP contribution in [0.15, 0.2) is 29.6 Å². The van der Waals surface area contributed by atoms with Gasteiger partial charge in [0.25, 0.3) is 0 Å². The third-order valence-corrected chi connectivity index (χ3v) is 3.00. The largest absolute Gasteiger partial charge is 0.476 e. The van der Waals surface area contributed by atoms with E-state index in [1.54, 1.807) is 11.4 Å². The Kier molecular flexibility index (Phi) is 4.95. The Hall–Kier alpha value is -0.390. The molecule has 3 nitrogen and oxygen atoms in total. The van der Waals surface area contributed by atoms with E-state index in [-0.39, 0.29) is 34.6 Å². The van der Waals surface area contributed by atoms with Crippen LogP contribution in [0.3, 0.4) is 0 Å². The van der Waals surface area contributed by atoms with Crippen molar-refractivity contribution in [3.8, 4) is 11.3 Å². The Balaban J connectivity index is 0.00000128. The van der Waals surface area contributed by atoms with Gasteiger partial charge in [0.2, 0.25) is 5.01 Å². The quantitative estimate of drug-likeness (QED) is 0.847. The fourth-order valence-corrected chi connectivity index (χ4v) is 2.05. The van der Waals surface area contributed by atoms with Gasteiger partial charge in [-0.05, 0) is 6.07 Å². The summed E-state index contributed by atoms with van der Waals surface area (Å²) in [4.78, 5) is 14.6. The first-order valence-electron chi connectivity index (χ1n) is 4.12. The SMILES string of the molecule is O=C(O)c1nc(-c2ccccc2Cl)cs1.[Na]. The van der Waals surface area contributed by atoms with Gasteiger partial charge < -0.3 is 5.11 Å². The molecular weight excluding hydrogens is 257 g/mol. The number of hydrogen-bond acceptors (Lipinski definition) is 3. The maximum atomic E-state index is 10.6. The second kappa shape index (κ2) is 5.80. The molecule has 2 rings (SSSR count). The molecule has 77 valence electrons. The molecule has 1 aromatic carbocycles. The van der Waals surface area contributed by atoms with Gasteiger partial charge in [-0.15, -0.1) is 11.3 Å². The summed E-state index contributed by atoms with van der Waals surface area (Å²) in [7, 11) is 0. The average molecular weight is 263 g/mol. The predicted octanol–water partition coefficient (Wildman–Crippen LogP) is 2.78. The molecule has 1 N–H and O–H groups in total. The van der Waals surface area contributed by atoms with Crippen LogP contribution < -0.4 is 0 Å². The van der Waals surface area contributed by atoms with Gasteiger partial charge in [0.05, 0.1) is 5.69 Å². The minimum Gasteiger partial charge on any atom is -0.476 e. The van der Waals surface area contributed by atoms with Gasteiger partial charge in [-0.1, -0.05) is 29.8 Å². The zero-order chi connectivity index (χ0) is 10.8. The molecule has 0 fully saturated rings. The smallest absolute Gasteiger partial charge is 0.365 e. The van der Waals surface area contributed by atoms with Gasteiger partial charge in [-0.2, -0.15) is 0 Å². The van der Waals surface area contributed by atoms with Crippen LogP contribution >= 0.6 is 22.9 Å². The molecule has 0 aliphatic carbocycles. The fraction of sp³-hybridized carbons (Fsp3) is 0. The summed E-state index contributed by atoms with van der Waals surface area (Å²) in [5.41, 5.74) is 1.35. The van der Waals surface area contributed by atoms with Crippen molar-refractivity contribution in [1.29, 1.82) is 0 Å².